The van der Waals surface area contributed by atoms with Gasteiger partial charge in [0, 0.05) is 13.0 Å². The molecular weight excluding hydrogens is 416 g/mol. The topological polar surface area (TPSA) is 73.0 Å². The standard InChI is InChI=1S/C26H32N4O3/c1-5-18-10-12-19(13-11-18)22(28(3)4)16-27-23(31)17-29-25(33)20-8-6-7-9-21(20)30-24(32)14-15-26(29,30)2/h6-13,22H,5,14-17H2,1-4H3,(H,27,31). The first-order valence-corrected chi connectivity index (χ1v) is 11.5. The van der Waals surface area contributed by atoms with Crippen molar-refractivity contribution in [3.05, 3.63) is 65.2 Å². The summed E-state index contributed by atoms with van der Waals surface area (Å²) in [5.41, 5.74) is 2.65. The smallest absolute Gasteiger partial charge is 0.258 e. The highest BCUT2D eigenvalue weighted by Gasteiger charge is 2.53. The average Bonchev–Trinajstić information content (AvgIpc) is 3.12. The van der Waals surface area contributed by atoms with Gasteiger partial charge in [0.15, 0.2) is 0 Å². The SMILES string of the molecule is CCc1ccc(C(CNC(=O)CN2C(=O)c3ccccc3N3C(=O)CCC23C)N(C)C)cc1. The van der Waals surface area contributed by atoms with Crippen LogP contribution in [0.15, 0.2) is 48.5 Å². The van der Waals surface area contributed by atoms with Crippen LogP contribution in [-0.2, 0) is 16.0 Å². The molecule has 0 saturated carbocycles. The van der Waals surface area contributed by atoms with Gasteiger partial charge in [-0.05, 0) is 57.1 Å². The van der Waals surface area contributed by atoms with Crippen LogP contribution in [0.3, 0.4) is 0 Å². The summed E-state index contributed by atoms with van der Waals surface area (Å²) in [4.78, 5) is 44.3. The van der Waals surface area contributed by atoms with Crippen molar-refractivity contribution in [2.75, 3.05) is 32.1 Å². The Kier molecular flexibility index (Phi) is 6.26. The lowest BCUT2D eigenvalue weighted by molar-refractivity contribution is -0.124. The Morgan fingerprint density at radius 1 is 1.12 bits per heavy atom. The number of hydrogen-bond donors (Lipinski definition) is 1. The number of benzene rings is 2. The highest BCUT2D eigenvalue weighted by atomic mass is 16.2. The van der Waals surface area contributed by atoms with Crippen LogP contribution in [0.1, 0.15) is 54.2 Å². The number of aryl methyl sites for hydroxylation is 1. The van der Waals surface area contributed by atoms with E-state index in [9.17, 15) is 14.4 Å². The van der Waals surface area contributed by atoms with Gasteiger partial charge < -0.3 is 15.1 Å². The van der Waals surface area contributed by atoms with Crippen LogP contribution in [0, 0.1) is 0 Å². The molecule has 7 heteroatoms. The monoisotopic (exact) mass is 448 g/mol. The second-order valence-electron chi connectivity index (χ2n) is 9.23. The number of rotatable bonds is 7. The Bertz CT molecular complexity index is 1070. The number of amides is 3. The maximum atomic E-state index is 13.3. The van der Waals surface area contributed by atoms with Crippen molar-refractivity contribution in [1.29, 1.82) is 0 Å². The van der Waals surface area contributed by atoms with E-state index in [0.717, 1.165) is 12.0 Å². The normalized spacial score (nSPS) is 20.6. The van der Waals surface area contributed by atoms with Gasteiger partial charge in [-0.3, -0.25) is 19.3 Å². The average molecular weight is 449 g/mol. The Morgan fingerprint density at radius 3 is 2.48 bits per heavy atom. The molecule has 2 aromatic carbocycles. The molecule has 3 amide bonds. The van der Waals surface area contributed by atoms with Crippen molar-refractivity contribution in [1.82, 2.24) is 15.1 Å². The number of para-hydroxylation sites is 1. The Morgan fingerprint density at radius 2 is 1.82 bits per heavy atom. The molecule has 2 aliphatic rings. The molecule has 2 aromatic rings. The van der Waals surface area contributed by atoms with Crippen LogP contribution < -0.4 is 10.2 Å². The third-order valence-corrected chi connectivity index (χ3v) is 6.94. The van der Waals surface area contributed by atoms with Gasteiger partial charge in [0.25, 0.3) is 5.91 Å². The van der Waals surface area contributed by atoms with Crippen LogP contribution in [0.2, 0.25) is 0 Å². The number of anilines is 1. The maximum absolute atomic E-state index is 13.3. The molecule has 174 valence electrons. The molecule has 0 aliphatic carbocycles. The first kappa shape index (κ1) is 23.0. The van der Waals surface area contributed by atoms with Crippen LogP contribution in [0.4, 0.5) is 5.69 Å². The van der Waals surface area contributed by atoms with Crippen molar-refractivity contribution in [3.8, 4) is 0 Å². The molecule has 0 radical (unpaired) electrons. The van der Waals surface area contributed by atoms with E-state index in [1.54, 1.807) is 28.0 Å². The summed E-state index contributed by atoms with van der Waals surface area (Å²) in [6, 6.07) is 15.6. The predicted molar refractivity (Wildman–Crippen MR) is 128 cm³/mol. The van der Waals surface area contributed by atoms with Crippen molar-refractivity contribution in [3.63, 3.8) is 0 Å². The fourth-order valence-corrected chi connectivity index (χ4v) is 4.93. The maximum Gasteiger partial charge on any atom is 0.258 e. The summed E-state index contributed by atoms with van der Waals surface area (Å²) < 4.78 is 0. The fraction of sp³-hybridized carbons (Fsp3) is 0.423. The quantitative estimate of drug-likeness (QED) is 0.707. The number of carbonyl (C=O) groups excluding carboxylic acids is 3. The fourth-order valence-electron chi connectivity index (χ4n) is 4.93. The molecule has 2 atom stereocenters. The van der Waals surface area contributed by atoms with Crippen LogP contribution in [0.5, 0.6) is 0 Å². The number of hydrogen-bond acceptors (Lipinski definition) is 4. The third kappa shape index (κ3) is 4.13. The van der Waals surface area contributed by atoms with Crippen molar-refractivity contribution >= 4 is 23.4 Å². The Labute approximate surface area is 195 Å². The Balaban J connectivity index is 1.50. The van der Waals surface area contributed by atoms with E-state index in [0.29, 0.717) is 30.6 Å². The van der Waals surface area contributed by atoms with Crippen molar-refractivity contribution in [2.24, 2.45) is 0 Å². The molecule has 2 unspecified atom stereocenters. The summed E-state index contributed by atoms with van der Waals surface area (Å²) in [6.07, 6.45) is 1.84. The van der Waals surface area contributed by atoms with E-state index in [-0.39, 0.29) is 30.3 Å². The van der Waals surface area contributed by atoms with Gasteiger partial charge >= 0.3 is 0 Å². The summed E-state index contributed by atoms with van der Waals surface area (Å²) in [6.45, 7) is 4.33. The minimum absolute atomic E-state index is 0.0118. The molecule has 0 aromatic heterocycles. The van der Waals surface area contributed by atoms with Gasteiger partial charge in [-0.2, -0.15) is 0 Å². The molecule has 4 rings (SSSR count). The summed E-state index contributed by atoms with van der Waals surface area (Å²) in [5.74, 6) is -0.472. The van der Waals surface area contributed by atoms with Crippen molar-refractivity contribution < 1.29 is 14.4 Å². The predicted octanol–water partition coefficient (Wildman–Crippen LogP) is 2.97. The summed E-state index contributed by atoms with van der Waals surface area (Å²) in [5, 5.41) is 3.01. The van der Waals surface area contributed by atoms with Crippen LogP contribution in [0.25, 0.3) is 0 Å². The number of nitrogens with one attached hydrogen (secondary N) is 1. The zero-order valence-corrected chi connectivity index (χ0v) is 19.8. The molecule has 7 nitrogen and oxygen atoms in total. The largest absolute Gasteiger partial charge is 0.353 e. The van der Waals surface area contributed by atoms with Crippen molar-refractivity contribution in [2.45, 2.75) is 44.8 Å². The first-order valence-electron chi connectivity index (χ1n) is 11.5. The Hall–Kier alpha value is -3.19. The van der Waals surface area contributed by atoms with Gasteiger partial charge in [0.05, 0.1) is 17.3 Å². The van der Waals surface area contributed by atoms with E-state index >= 15 is 0 Å². The number of fused-ring (bicyclic) bond motifs is 3. The van der Waals surface area contributed by atoms with Crippen LogP contribution in [-0.4, -0.2) is 60.4 Å². The van der Waals surface area contributed by atoms with Gasteiger partial charge in [-0.1, -0.05) is 43.3 Å². The summed E-state index contributed by atoms with van der Waals surface area (Å²) >= 11 is 0. The molecule has 1 N–H and O–H groups in total. The van der Waals surface area contributed by atoms with Crippen LogP contribution >= 0.6 is 0 Å². The first-order chi connectivity index (χ1) is 15.8. The number of likely N-dealkylation sites (N-methyl/N-ethyl adjacent to an activating group) is 1. The number of nitrogens with zero attached hydrogens (tertiary/aromatic N) is 3. The molecule has 0 bridgehead atoms. The minimum Gasteiger partial charge on any atom is -0.353 e. The van der Waals surface area contributed by atoms with Gasteiger partial charge in [-0.15, -0.1) is 0 Å². The molecule has 1 saturated heterocycles. The lowest BCUT2D eigenvalue weighted by atomic mass is 9.98. The second kappa shape index (κ2) is 8.98. The molecule has 2 aliphatic heterocycles. The number of carbonyl (C=O) groups is 3. The van der Waals surface area contributed by atoms with E-state index in [2.05, 4.69) is 41.4 Å². The third-order valence-electron chi connectivity index (χ3n) is 6.94. The van der Waals surface area contributed by atoms with E-state index in [1.165, 1.54) is 5.56 Å². The molecule has 0 spiro atoms. The molecular formula is C26H32N4O3. The molecule has 33 heavy (non-hydrogen) atoms. The van der Waals surface area contributed by atoms with Gasteiger partial charge in [-0.25, -0.2) is 0 Å². The zero-order valence-electron chi connectivity index (χ0n) is 19.8. The molecule has 2 heterocycles. The minimum atomic E-state index is -0.837. The highest BCUT2D eigenvalue weighted by Crippen LogP contribution is 2.43. The zero-order chi connectivity index (χ0) is 23.8. The molecule has 1 fully saturated rings. The lowest BCUT2D eigenvalue weighted by Crippen LogP contribution is -2.64. The highest BCUT2D eigenvalue weighted by molar-refractivity contribution is 6.11. The van der Waals surface area contributed by atoms with Gasteiger partial charge in [0.2, 0.25) is 11.8 Å². The second-order valence-corrected chi connectivity index (χ2v) is 9.23. The van der Waals surface area contributed by atoms with E-state index in [4.69, 9.17) is 0 Å². The van der Waals surface area contributed by atoms with E-state index in [1.807, 2.05) is 27.1 Å². The van der Waals surface area contributed by atoms with Gasteiger partial charge in [0.1, 0.15) is 12.2 Å². The summed E-state index contributed by atoms with van der Waals surface area (Å²) in [7, 11) is 3.97. The lowest BCUT2D eigenvalue weighted by Gasteiger charge is -2.48. The van der Waals surface area contributed by atoms with E-state index < -0.39 is 5.66 Å².